The van der Waals surface area contributed by atoms with E-state index in [1.807, 2.05) is 36.4 Å². The minimum absolute atomic E-state index is 0.434. The van der Waals surface area contributed by atoms with Crippen molar-refractivity contribution >= 4 is 34.4 Å². The highest BCUT2D eigenvalue weighted by Crippen LogP contribution is 2.47. The van der Waals surface area contributed by atoms with Crippen LogP contribution in [0.1, 0.15) is 30.8 Å². The van der Waals surface area contributed by atoms with Crippen LogP contribution in [0.3, 0.4) is 0 Å². The SMILES string of the molecule is C[C@@H]1C[C@@H]1c1ccc(/C=N\n2c(-c3cccc(Br)c3)n[nH]c2=S)o1. The van der Waals surface area contributed by atoms with Crippen molar-refractivity contribution in [2.75, 3.05) is 0 Å². The summed E-state index contributed by atoms with van der Waals surface area (Å²) in [5.74, 6) is 3.67. The number of hydrogen-bond acceptors (Lipinski definition) is 4. The number of aromatic nitrogens is 3. The quantitative estimate of drug-likeness (QED) is 0.494. The summed E-state index contributed by atoms with van der Waals surface area (Å²) in [5.41, 5.74) is 0.917. The third kappa shape index (κ3) is 3.01. The van der Waals surface area contributed by atoms with E-state index in [1.54, 1.807) is 10.9 Å². The zero-order valence-corrected chi connectivity index (χ0v) is 15.3. The van der Waals surface area contributed by atoms with Gasteiger partial charge in [-0.15, -0.1) is 0 Å². The van der Waals surface area contributed by atoms with Crippen LogP contribution in [0.2, 0.25) is 0 Å². The molecule has 7 heteroatoms. The van der Waals surface area contributed by atoms with Crippen molar-refractivity contribution in [3.8, 4) is 11.4 Å². The molecule has 122 valence electrons. The predicted octanol–water partition coefficient (Wildman–Crippen LogP) is 4.97. The van der Waals surface area contributed by atoms with Crippen LogP contribution in [0.25, 0.3) is 11.4 Å². The standard InChI is InChI=1S/C17H15BrN4OS/c1-10-7-14(10)15-6-5-13(23-15)9-19-22-16(20-21-17(22)24)11-3-2-4-12(18)8-11/h2-6,8-10,14H,7H2,1H3,(H,21,24)/b19-9-/t10-,14+/m1/s1. The van der Waals surface area contributed by atoms with Gasteiger partial charge in [0.2, 0.25) is 4.77 Å². The van der Waals surface area contributed by atoms with Gasteiger partial charge in [0.25, 0.3) is 0 Å². The van der Waals surface area contributed by atoms with Crippen LogP contribution in [-0.2, 0) is 0 Å². The molecule has 2 aromatic heterocycles. The van der Waals surface area contributed by atoms with E-state index >= 15 is 0 Å². The molecule has 0 unspecified atom stereocenters. The van der Waals surface area contributed by atoms with Gasteiger partial charge in [-0.2, -0.15) is 14.9 Å². The first-order valence-electron chi connectivity index (χ1n) is 7.69. The highest BCUT2D eigenvalue weighted by Gasteiger charge is 2.36. The normalized spacial score (nSPS) is 19.9. The highest BCUT2D eigenvalue weighted by molar-refractivity contribution is 9.10. The number of H-pyrrole nitrogens is 1. The summed E-state index contributed by atoms with van der Waals surface area (Å²) >= 11 is 8.75. The van der Waals surface area contributed by atoms with Gasteiger partial charge in [0.1, 0.15) is 11.5 Å². The largest absolute Gasteiger partial charge is 0.460 e. The Bertz CT molecular complexity index is 971. The minimum atomic E-state index is 0.434. The lowest BCUT2D eigenvalue weighted by Gasteiger charge is -2.01. The molecule has 0 saturated heterocycles. The molecule has 2 atom stereocenters. The Morgan fingerprint density at radius 1 is 1.42 bits per heavy atom. The minimum Gasteiger partial charge on any atom is -0.460 e. The molecular formula is C17H15BrN4OS. The molecule has 1 fully saturated rings. The second-order valence-corrected chi connectivity index (χ2v) is 7.28. The molecule has 0 radical (unpaired) electrons. The van der Waals surface area contributed by atoms with Crippen molar-refractivity contribution in [2.45, 2.75) is 19.3 Å². The third-order valence-electron chi connectivity index (χ3n) is 4.16. The molecule has 0 aliphatic heterocycles. The number of nitrogens with one attached hydrogen (secondary N) is 1. The lowest BCUT2D eigenvalue weighted by Crippen LogP contribution is -1.94. The molecule has 1 aliphatic rings. The van der Waals surface area contributed by atoms with Gasteiger partial charge in [0.15, 0.2) is 5.82 Å². The fraction of sp³-hybridized carbons (Fsp3) is 0.235. The molecule has 24 heavy (non-hydrogen) atoms. The molecule has 5 nitrogen and oxygen atoms in total. The van der Waals surface area contributed by atoms with Crippen molar-refractivity contribution in [1.82, 2.24) is 14.9 Å². The summed E-state index contributed by atoms with van der Waals surface area (Å²) < 4.78 is 8.85. The Hall–Kier alpha value is -1.99. The molecule has 0 spiro atoms. The van der Waals surface area contributed by atoms with Gasteiger partial charge >= 0.3 is 0 Å². The van der Waals surface area contributed by atoms with Crippen LogP contribution in [0, 0.1) is 10.7 Å². The van der Waals surface area contributed by atoms with Crippen LogP contribution < -0.4 is 0 Å². The molecular weight excluding hydrogens is 388 g/mol. The monoisotopic (exact) mass is 402 g/mol. The zero-order valence-electron chi connectivity index (χ0n) is 12.9. The van der Waals surface area contributed by atoms with Gasteiger partial charge in [-0.3, -0.25) is 0 Å². The second-order valence-electron chi connectivity index (χ2n) is 5.98. The Morgan fingerprint density at radius 3 is 3.00 bits per heavy atom. The maximum atomic E-state index is 5.85. The number of aromatic amines is 1. The van der Waals surface area contributed by atoms with E-state index in [-0.39, 0.29) is 0 Å². The fourth-order valence-corrected chi connectivity index (χ4v) is 3.26. The summed E-state index contributed by atoms with van der Waals surface area (Å²) in [6.45, 7) is 2.23. The summed E-state index contributed by atoms with van der Waals surface area (Å²) in [4.78, 5) is 0. The number of halogens is 1. The molecule has 0 amide bonds. The van der Waals surface area contributed by atoms with Gasteiger partial charge in [-0.25, -0.2) is 5.10 Å². The van der Waals surface area contributed by atoms with Crippen molar-refractivity contribution in [1.29, 1.82) is 0 Å². The van der Waals surface area contributed by atoms with Crippen molar-refractivity contribution in [3.63, 3.8) is 0 Å². The first-order chi connectivity index (χ1) is 11.6. The Morgan fingerprint density at radius 2 is 2.25 bits per heavy atom. The molecule has 1 saturated carbocycles. The van der Waals surface area contributed by atoms with Crippen molar-refractivity contribution in [3.05, 3.63) is 57.2 Å². The molecule has 4 rings (SSSR count). The van der Waals surface area contributed by atoms with E-state index in [0.29, 0.717) is 28.2 Å². The molecule has 1 aromatic carbocycles. The van der Waals surface area contributed by atoms with E-state index in [4.69, 9.17) is 16.6 Å². The Kier molecular flexibility index (Phi) is 3.97. The fourth-order valence-electron chi connectivity index (χ4n) is 2.68. The Labute approximate surface area is 152 Å². The van der Waals surface area contributed by atoms with Crippen LogP contribution in [0.5, 0.6) is 0 Å². The van der Waals surface area contributed by atoms with Gasteiger partial charge in [-0.05, 0) is 48.8 Å². The highest BCUT2D eigenvalue weighted by atomic mass is 79.9. The van der Waals surface area contributed by atoms with Crippen LogP contribution >= 0.6 is 28.1 Å². The number of hydrogen-bond donors (Lipinski definition) is 1. The lowest BCUT2D eigenvalue weighted by molar-refractivity contribution is 0.500. The zero-order chi connectivity index (χ0) is 16.7. The predicted molar refractivity (Wildman–Crippen MR) is 98.8 cm³/mol. The second kappa shape index (κ2) is 6.14. The third-order valence-corrected chi connectivity index (χ3v) is 4.91. The average Bonchev–Trinajstić information content (AvgIpc) is 2.97. The van der Waals surface area contributed by atoms with Gasteiger partial charge in [-0.1, -0.05) is 35.0 Å². The Balaban J connectivity index is 1.64. The smallest absolute Gasteiger partial charge is 0.216 e. The van der Waals surface area contributed by atoms with Crippen molar-refractivity contribution < 1.29 is 4.42 Å². The van der Waals surface area contributed by atoms with Gasteiger partial charge < -0.3 is 4.42 Å². The molecule has 2 heterocycles. The van der Waals surface area contributed by atoms with Crippen LogP contribution in [0.4, 0.5) is 0 Å². The summed E-state index contributed by atoms with van der Waals surface area (Å²) in [6, 6.07) is 11.8. The van der Waals surface area contributed by atoms with E-state index in [1.165, 1.54) is 6.42 Å². The first-order valence-corrected chi connectivity index (χ1v) is 8.89. The van der Waals surface area contributed by atoms with Crippen LogP contribution in [-0.4, -0.2) is 21.1 Å². The van der Waals surface area contributed by atoms with Crippen LogP contribution in [0.15, 0.2) is 50.4 Å². The maximum Gasteiger partial charge on any atom is 0.216 e. The lowest BCUT2D eigenvalue weighted by atomic mass is 10.2. The van der Waals surface area contributed by atoms with E-state index < -0.39 is 0 Å². The summed E-state index contributed by atoms with van der Waals surface area (Å²) in [5, 5.41) is 11.5. The topological polar surface area (TPSA) is 59.1 Å². The number of furan rings is 1. The number of rotatable bonds is 4. The van der Waals surface area contributed by atoms with Gasteiger partial charge in [0.05, 0.1) is 6.21 Å². The molecule has 1 N–H and O–H groups in total. The number of nitrogens with zero attached hydrogens (tertiary/aromatic N) is 3. The average molecular weight is 403 g/mol. The summed E-state index contributed by atoms with van der Waals surface area (Å²) in [7, 11) is 0. The van der Waals surface area contributed by atoms with E-state index in [9.17, 15) is 0 Å². The van der Waals surface area contributed by atoms with E-state index in [2.05, 4.69) is 38.2 Å². The molecule has 1 aliphatic carbocycles. The van der Waals surface area contributed by atoms with Gasteiger partial charge in [0, 0.05) is 16.0 Å². The molecule has 3 aromatic rings. The first kappa shape index (κ1) is 15.5. The summed E-state index contributed by atoms with van der Waals surface area (Å²) in [6.07, 6.45) is 2.87. The molecule has 0 bridgehead atoms. The van der Waals surface area contributed by atoms with E-state index in [0.717, 1.165) is 15.8 Å². The maximum absolute atomic E-state index is 5.85. The number of benzene rings is 1. The van der Waals surface area contributed by atoms with Crippen molar-refractivity contribution in [2.24, 2.45) is 11.0 Å².